The van der Waals surface area contributed by atoms with Crippen LogP contribution in [0.5, 0.6) is 0 Å². The largest absolute Gasteiger partial charge is 0.370 e. The highest BCUT2D eigenvalue weighted by Gasteiger charge is 2.33. The Morgan fingerprint density at radius 3 is 2.58 bits per heavy atom. The van der Waals surface area contributed by atoms with E-state index in [9.17, 15) is 0 Å². The Morgan fingerprint density at radius 2 is 2.00 bits per heavy atom. The van der Waals surface area contributed by atoms with Gasteiger partial charge in [-0.3, -0.25) is 0 Å². The Bertz CT molecular complexity index is 374. The van der Waals surface area contributed by atoms with Gasteiger partial charge in [-0.25, -0.2) is 0 Å². The fraction of sp³-hybridized carbons (Fsp3) is 0.857. The minimum absolute atomic E-state index is 0.408. The molecule has 1 N–H and O–H groups in total. The van der Waals surface area contributed by atoms with Crippen molar-refractivity contribution in [2.45, 2.75) is 70.6 Å². The standard InChI is InChI=1S/C14H25N3O2/c1-4-14(5-2,18-3)13-16-12(19-17-13)10-15-11-8-6-7-9-11/h11,15H,4-10H2,1-3H3. The molecule has 1 fully saturated rings. The first-order chi connectivity index (χ1) is 9.24. The van der Waals surface area contributed by atoms with Crippen molar-refractivity contribution in [1.29, 1.82) is 0 Å². The summed E-state index contributed by atoms with van der Waals surface area (Å²) in [5.74, 6) is 1.33. The first kappa shape index (κ1) is 14.5. The Labute approximate surface area is 115 Å². The normalized spacial score (nSPS) is 17.2. The third-order valence-corrected chi connectivity index (χ3v) is 4.31. The van der Waals surface area contributed by atoms with Crippen molar-refractivity contribution < 1.29 is 9.26 Å². The first-order valence-corrected chi connectivity index (χ1v) is 7.35. The molecule has 1 aromatic heterocycles. The number of nitrogens with one attached hydrogen (secondary N) is 1. The summed E-state index contributed by atoms with van der Waals surface area (Å²) in [6.45, 7) is 4.82. The van der Waals surface area contributed by atoms with Gasteiger partial charge >= 0.3 is 0 Å². The van der Waals surface area contributed by atoms with E-state index < -0.39 is 5.60 Å². The summed E-state index contributed by atoms with van der Waals surface area (Å²) in [5.41, 5.74) is -0.408. The van der Waals surface area contributed by atoms with Crippen molar-refractivity contribution in [3.8, 4) is 0 Å². The zero-order chi connectivity index (χ0) is 13.7. The van der Waals surface area contributed by atoms with E-state index in [1.165, 1.54) is 25.7 Å². The molecular weight excluding hydrogens is 242 g/mol. The topological polar surface area (TPSA) is 60.2 Å². The molecule has 0 saturated heterocycles. The third-order valence-electron chi connectivity index (χ3n) is 4.31. The van der Waals surface area contributed by atoms with Gasteiger partial charge in [0.1, 0.15) is 5.60 Å². The summed E-state index contributed by atoms with van der Waals surface area (Å²) >= 11 is 0. The van der Waals surface area contributed by atoms with E-state index in [4.69, 9.17) is 9.26 Å². The predicted molar refractivity (Wildman–Crippen MR) is 72.7 cm³/mol. The van der Waals surface area contributed by atoms with Gasteiger partial charge in [-0.1, -0.05) is 31.8 Å². The molecule has 0 amide bonds. The molecule has 2 rings (SSSR count). The van der Waals surface area contributed by atoms with Crippen LogP contribution in [0.3, 0.4) is 0 Å². The van der Waals surface area contributed by atoms with E-state index in [-0.39, 0.29) is 0 Å². The Kier molecular flexibility index (Phi) is 4.93. The average Bonchev–Trinajstić information content (AvgIpc) is 3.11. The molecule has 1 heterocycles. The van der Waals surface area contributed by atoms with Gasteiger partial charge < -0.3 is 14.6 Å². The van der Waals surface area contributed by atoms with Gasteiger partial charge in [0, 0.05) is 13.2 Å². The molecule has 19 heavy (non-hydrogen) atoms. The molecule has 1 aromatic rings. The number of aromatic nitrogens is 2. The Morgan fingerprint density at radius 1 is 1.32 bits per heavy atom. The number of nitrogens with zero attached hydrogens (tertiary/aromatic N) is 2. The molecule has 0 unspecified atom stereocenters. The van der Waals surface area contributed by atoms with Gasteiger partial charge in [0.25, 0.3) is 0 Å². The molecule has 0 atom stereocenters. The maximum absolute atomic E-state index is 5.61. The lowest BCUT2D eigenvalue weighted by Gasteiger charge is -2.25. The molecule has 1 saturated carbocycles. The lowest BCUT2D eigenvalue weighted by atomic mass is 9.96. The third kappa shape index (κ3) is 3.15. The second-order valence-electron chi connectivity index (χ2n) is 5.28. The monoisotopic (exact) mass is 267 g/mol. The second-order valence-corrected chi connectivity index (χ2v) is 5.28. The molecule has 0 aliphatic heterocycles. The van der Waals surface area contributed by atoms with Crippen molar-refractivity contribution in [3.05, 3.63) is 11.7 Å². The first-order valence-electron chi connectivity index (χ1n) is 7.35. The number of rotatable bonds is 7. The molecular formula is C14H25N3O2. The van der Waals surface area contributed by atoms with E-state index >= 15 is 0 Å². The van der Waals surface area contributed by atoms with E-state index in [1.54, 1.807) is 7.11 Å². The average molecular weight is 267 g/mol. The molecule has 0 aromatic carbocycles. The van der Waals surface area contributed by atoms with Crippen molar-refractivity contribution in [2.75, 3.05) is 7.11 Å². The van der Waals surface area contributed by atoms with Crippen molar-refractivity contribution >= 4 is 0 Å². The zero-order valence-electron chi connectivity index (χ0n) is 12.2. The van der Waals surface area contributed by atoms with Crippen LogP contribution in [0.4, 0.5) is 0 Å². The van der Waals surface area contributed by atoms with Gasteiger partial charge in [-0.15, -0.1) is 0 Å². The summed E-state index contributed by atoms with van der Waals surface area (Å²) < 4.78 is 10.9. The highest BCUT2D eigenvalue weighted by molar-refractivity contribution is 5.01. The molecule has 0 spiro atoms. The smallest absolute Gasteiger partial charge is 0.240 e. The lowest BCUT2D eigenvalue weighted by molar-refractivity contribution is -0.0306. The van der Waals surface area contributed by atoms with Crippen molar-refractivity contribution in [3.63, 3.8) is 0 Å². The van der Waals surface area contributed by atoms with Crippen LogP contribution in [-0.4, -0.2) is 23.3 Å². The van der Waals surface area contributed by atoms with Crippen LogP contribution in [0.2, 0.25) is 0 Å². The van der Waals surface area contributed by atoms with Gasteiger partial charge in [0.2, 0.25) is 11.7 Å². The maximum Gasteiger partial charge on any atom is 0.240 e. The van der Waals surface area contributed by atoms with Gasteiger partial charge in [-0.05, 0) is 25.7 Å². The highest BCUT2D eigenvalue weighted by atomic mass is 16.5. The zero-order valence-corrected chi connectivity index (χ0v) is 12.2. The predicted octanol–water partition coefficient (Wildman–Crippen LogP) is 2.76. The highest BCUT2D eigenvalue weighted by Crippen LogP contribution is 2.30. The van der Waals surface area contributed by atoms with Crippen LogP contribution in [0, 0.1) is 0 Å². The number of methoxy groups -OCH3 is 1. The van der Waals surface area contributed by atoms with E-state index in [0.29, 0.717) is 24.3 Å². The number of hydrogen-bond donors (Lipinski definition) is 1. The molecule has 5 heteroatoms. The van der Waals surface area contributed by atoms with Crippen LogP contribution in [0.15, 0.2) is 4.52 Å². The van der Waals surface area contributed by atoms with Crippen LogP contribution in [0.1, 0.15) is 64.1 Å². The summed E-state index contributed by atoms with van der Waals surface area (Å²) in [4.78, 5) is 4.49. The Hall–Kier alpha value is -0.940. The van der Waals surface area contributed by atoms with Crippen LogP contribution >= 0.6 is 0 Å². The second kappa shape index (κ2) is 6.48. The molecule has 1 aliphatic carbocycles. The quantitative estimate of drug-likeness (QED) is 0.823. The van der Waals surface area contributed by atoms with Gasteiger partial charge in [-0.2, -0.15) is 4.98 Å². The fourth-order valence-corrected chi connectivity index (χ4v) is 2.82. The van der Waals surface area contributed by atoms with Crippen LogP contribution in [-0.2, 0) is 16.9 Å². The van der Waals surface area contributed by atoms with E-state index in [1.807, 2.05) is 0 Å². The molecule has 0 bridgehead atoms. The number of hydrogen-bond acceptors (Lipinski definition) is 5. The molecule has 108 valence electrons. The van der Waals surface area contributed by atoms with Gasteiger partial charge in [0.05, 0.1) is 6.54 Å². The minimum atomic E-state index is -0.408. The van der Waals surface area contributed by atoms with Crippen LogP contribution < -0.4 is 5.32 Å². The summed E-state index contributed by atoms with van der Waals surface area (Å²) in [5, 5.41) is 7.57. The minimum Gasteiger partial charge on any atom is -0.370 e. The molecule has 0 radical (unpaired) electrons. The summed E-state index contributed by atoms with van der Waals surface area (Å²) in [6, 6.07) is 0.611. The lowest BCUT2D eigenvalue weighted by Crippen LogP contribution is -2.28. The Balaban J connectivity index is 1.97. The van der Waals surface area contributed by atoms with Crippen molar-refractivity contribution in [1.82, 2.24) is 15.5 Å². The summed E-state index contributed by atoms with van der Waals surface area (Å²) in [6.07, 6.45) is 6.85. The van der Waals surface area contributed by atoms with Crippen molar-refractivity contribution in [2.24, 2.45) is 0 Å². The van der Waals surface area contributed by atoms with E-state index in [0.717, 1.165) is 12.8 Å². The molecule has 5 nitrogen and oxygen atoms in total. The molecule has 1 aliphatic rings. The van der Waals surface area contributed by atoms with E-state index in [2.05, 4.69) is 29.3 Å². The SMILES string of the molecule is CCC(CC)(OC)c1noc(CNC2CCCC2)n1. The summed E-state index contributed by atoms with van der Waals surface area (Å²) in [7, 11) is 1.71. The van der Waals surface area contributed by atoms with Crippen LogP contribution in [0.25, 0.3) is 0 Å². The fourth-order valence-electron chi connectivity index (χ4n) is 2.82. The van der Waals surface area contributed by atoms with Gasteiger partial charge in [0.15, 0.2) is 0 Å². The number of ether oxygens (including phenoxy) is 1. The maximum atomic E-state index is 5.61.